The largest absolute Gasteiger partial charge is 0.506 e. The smallest absolute Gasteiger partial charge is 0.450 e. The van der Waals surface area contributed by atoms with E-state index in [4.69, 9.17) is 9.84 Å². The van der Waals surface area contributed by atoms with Crippen molar-refractivity contribution < 1.29 is 14.6 Å². The van der Waals surface area contributed by atoms with Crippen LogP contribution in [-0.4, -0.2) is 17.4 Å². The minimum atomic E-state index is -1.13. The van der Waals surface area contributed by atoms with Crippen LogP contribution in [0.5, 0.6) is 0 Å². The molecule has 1 rings (SSSR count). The average molecular weight is 334 g/mol. The minimum absolute atomic E-state index is 0.120. The molecule has 1 unspecified atom stereocenters. The van der Waals surface area contributed by atoms with Crippen molar-refractivity contribution in [3.8, 4) is 0 Å². The second kappa shape index (κ2) is 13.9. The van der Waals surface area contributed by atoms with Gasteiger partial charge < -0.3 is 9.84 Å². The van der Waals surface area contributed by atoms with Crippen LogP contribution in [0.4, 0.5) is 4.79 Å². The Hall–Kier alpha value is -1.51. The van der Waals surface area contributed by atoms with Crippen LogP contribution >= 0.6 is 0 Å². The first-order valence-corrected chi connectivity index (χ1v) is 9.66. The monoisotopic (exact) mass is 334 g/mol. The summed E-state index contributed by atoms with van der Waals surface area (Å²) in [5.41, 5.74) is 1.38. The Morgan fingerprint density at radius 3 is 2.12 bits per heavy atom. The zero-order valence-electron chi connectivity index (χ0n) is 15.2. The zero-order chi connectivity index (χ0) is 17.5. The highest BCUT2D eigenvalue weighted by Gasteiger charge is 2.13. The molecule has 0 amide bonds. The molecular formula is C21H34O3. The van der Waals surface area contributed by atoms with Crippen molar-refractivity contribution in [3.05, 3.63) is 35.9 Å². The van der Waals surface area contributed by atoms with Crippen molar-refractivity contribution in [2.45, 2.75) is 90.1 Å². The number of rotatable bonds is 14. The zero-order valence-corrected chi connectivity index (χ0v) is 15.2. The van der Waals surface area contributed by atoms with Crippen LogP contribution in [-0.2, 0) is 11.2 Å². The van der Waals surface area contributed by atoms with Gasteiger partial charge in [0.05, 0.1) is 0 Å². The molecule has 0 saturated heterocycles. The van der Waals surface area contributed by atoms with Crippen molar-refractivity contribution in [2.75, 3.05) is 0 Å². The SMILES string of the molecule is CCCCCCCCC(CCCCCc1ccccc1)OC(=O)O. The summed E-state index contributed by atoms with van der Waals surface area (Å²) in [6.45, 7) is 2.22. The maximum Gasteiger partial charge on any atom is 0.506 e. The molecule has 1 aromatic carbocycles. The van der Waals surface area contributed by atoms with Gasteiger partial charge in [0.15, 0.2) is 0 Å². The van der Waals surface area contributed by atoms with Gasteiger partial charge in [-0.2, -0.15) is 0 Å². The number of benzene rings is 1. The van der Waals surface area contributed by atoms with Gasteiger partial charge in [0.1, 0.15) is 6.10 Å². The molecule has 1 atom stereocenters. The van der Waals surface area contributed by atoms with Gasteiger partial charge >= 0.3 is 6.16 Å². The van der Waals surface area contributed by atoms with E-state index >= 15 is 0 Å². The lowest BCUT2D eigenvalue weighted by Crippen LogP contribution is -2.17. The van der Waals surface area contributed by atoms with E-state index in [0.717, 1.165) is 44.9 Å². The molecule has 0 aliphatic heterocycles. The number of carbonyl (C=O) groups is 1. The molecule has 1 N–H and O–H groups in total. The van der Waals surface area contributed by atoms with Crippen molar-refractivity contribution in [2.24, 2.45) is 0 Å². The molecule has 0 saturated carbocycles. The molecule has 0 aliphatic carbocycles. The molecule has 0 fully saturated rings. The van der Waals surface area contributed by atoms with Crippen LogP contribution < -0.4 is 0 Å². The van der Waals surface area contributed by atoms with Crippen LogP contribution in [0.25, 0.3) is 0 Å². The van der Waals surface area contributed by atoms with Gasteiger partial charge in [0.2, 0.25) is 0 Å². The maximum absolute atomic E-state index is 10.8. The number of ether oxygens (including phenoxy) is 1. The van der Waals surface area contributed by atoms with Crippen LogP contribution in [0.3, 0.4) is 0 Å². The topological polar surface area (TPSA) is 46.5 Å². The van der Waals surface area contributed by atoms with Crippen LogP contribution in [0.15, 0.2) is 30.3 Å². The predicted molar refractivity (Wildman–Crippen MR) is 99.5 cm³/mol. The highest BCUT2D eigenvalue weighted by molar-refractivity contribution is 5.57. The predicted octanol–water partition coefficient (Wildman–Crippen LogP) is 6.60. The fourth-order valence-corrected chi connectivity index (χ4v) is 3.08. The minimum Gasteiger partial charge on any atom is -0.450 e. The van der Waals surface area contributed by atoms with Crippen molar-refractivity contribution in [1.29, 1.82) is 0 Å². The molecule has 3 nitrogen and oxygen atoms in total. The first-order valence-electron chi connectivity index (χ1n) is 9.66. The molecule has 0 radical (unpaired) electrons. The molecule has 0 spiro atoms. The number of unbranched alkanes of at least 4 members (excludes halogenated alkanes) is 7. The van der Waals surface area contributed by atoms with E-state index in [1.165, 1.54) is 37.7 Å². The third-order valence-corrected chi connectivity index (χ3v) is 4.48. The number of hydrogen-bond acceptors (Lipinski definition) is 2. The number of hydrogen-bond donors (Lipinski definition) is 1. The molecule has 1 aromatic rings. The van der Waals surface area contributed by atoms with Crippen LogP contribution in [0.1, 0.15) is 83.1 Å². The Kier molecular flexibility index (Phi) is 11.9. The van der Waals surface area contributed by atoms with Crippen molar-refractivity contribution in [3.63, 3.8) is 0 Å². The van der Waals surface area contributed by atoms with Gasteiger partial charge in [-0.05, 0) is 44.1 Å². The third-order valence-electron chi connectivity index (χ3n) is 4.48. The molecular weight excluding hydrogens is 300 g/mol. The Balaban J connectivity index is 2.11. The first-order chi connectivity index (χ1) is 11.7. The van der Waals surface area contributed by atoms with Crippen molar-refractivity contribution in [1.82, 2.24) is 0 Å². The Morgan fingerprint density at radius 2 is 1.50 bits per heavy atom. The summed E-state index contributed by atoms with van der Waals surface area (Å²) in [6.07, 6.45) is 12.3. The van der Waals surface area contributed by atoms with E-state index in [1.807, 2.05) is 6.07 Å². The van der Waals surface area contributed by atoms with Gasteiger partial charge in [-0.1, -0.05) is 75.8 Å². The van der Waals surface area contributed by atoms with E-state index in [9.17, 15) is 4.79 Å². The van der Waals surface area contributed by atoms with E-state index in [-0.39, 0.29) is 6.10 Å². The van der Waals surface area contributed by atoms with Crippen LogP contribution in [0, 0.1) is 0 Å². The second-order valence-corrected chi connectivity index (χ2v) is 6.65. The molecule has 0 aromatic heterocycles. The third kappa shape index (κ3) is 11.1. The molecule has 136 valence electrons. The summed E-state index contributed by atoms with van der Waals surface area (Å²) in [5.74, 6) is 0. The summed E-state index contributed by atoms with van der Waals surface area (Å²) in [6, 6.07) is 10.5. The summed E-state index contributed by atoms with van der Waals surface area (Å²) in [4.78, 5) is 10.8. The lowest BCUT2D eigenvalue weighted by Gasteiger charge is -2.15. The first kappa shape index (κ1) is 20.5. The Morgan fingerprint density at radius 1 is 0.917 bits per heavy atom. The number of carboxylic acid groups (broad SMARTS) is 1. The normalized spacial score (nSPS) is 12.0. The second-order valence-electron chi connectivity index (χ2n) is 6.65. The fraction of sp³-hybridized carbons (Fsp3) is 0.667. The van der Waals surface area contributed by atoms with Crippen LogP contribution in [0.2, 0.25) is 0 Å². The summed E-state index contributed by atoms with van der Waals surface area (Å²) in [5, 5.41) is 8.89. The lowest BCUT2D eigenvalue weighted by molar-refractivity contribution is 0.0423. The van der Waals surface area contributed by atoms with E-state index in [0.29, 0.717) is 0 Å². The van der Waals surface area contributed by atoms with E-state index in [1.54, 1.807) is 0 Å². The van der Waals surface area contributed by atoms with E-state index in [2.05, 4.69) is 31.2 Å². The van der Waals surface area contributed by atoms with Gasteiger partial charge in [-0.25, -0.2) is 4.79 Å². The van der Waals surface area contributed by atoms with Crippen molar-refractivity contribution >= 4 is 6.16 Å². The summed E-state index contributed by atoms with van der Waals surface area (Å²) < 4.78 is 5.06. The standard InChI is InChI=1S/C21H34O3/c1-2-3-4-5-6-12-17-20(24-21(22)23)18-13-8-11-16-19-14-9-7-10-15-19/h7,9-10,14-15,20H,2-6,8,11-13,16-18H2,1H3,(H,22,23). The summed E-state index contributed by atoms with van der Waals surface area (Å²) in [7, 11) is 0. The lowest BCUT2D eigenvalue weighted by atomic mass is 10.0. The van der Waals surface area contributed by atoms with Gasteiger partial charge in [0.25, 0.3) is 0 Å². The van der Waals surface area contributed by atoms with Gasteiger partial charge in [0, 0.05) is 0 Å². The quantitative estimate of drug-likeness (QED) is 0.308. The maximum atomic E-state index is 10.8. The highest BCUT2D eigenvalue weighted by Crippen LogP contribution is 2.16. The molecule has 24 heavy (non-hydrogen) atoms. The number of aryl methyl sites for hydroxylation is 1. The molecule has 0 heterocycles. The molecule has 0 bridgehead atoms. The Bertz CT molecular complexity index is 416. The summed E-state index contributed by atoms with van der Waals surface area (Å²) >= 11 is 0. The van der Waals surface area contributed by atoms with E-state index < -0.39 is 6.16 Å². The Labute approximate surface area is 147 Å². The highest BCUT2D eigenvalue weighted by atomic mass is 16.7. The van der Waals surface area contributed by atoms with Gasteiger partial charge in [-0.15, -0.1) is 0 Å². The molecule has 3 heteroatoms. The van der Waals surface area contributed by atoms with Gasteiger partial charge in [-0.3, -0.25) is 0 Å². The molecule has 0 aliphatic rings. The fourth-order valence-electron chi connectivity index (χ4n) is 3.08. The average Bonchev–Trinajstić information content (AvgIpc) is 2.58.